The van der Waals surface area contributed by atoms with Crippen LogP contribution in [0, 0.1) is 0 Å². The van der Waals surface area contributed by atoms with E-state index < -0.39 is 0 Å². The van der Waals surface area contributed by atoms with Gasteiger partial charge in [-0.2, -0.15) is 0 Å². The van der Waals surface area contributed by atoms with Gasteiger partial charge >= 0.3 is 0 Å². The quantitative estimate of drug-likeness (QED) is 0.750. The Morgan fingerprint density at radius 3 is 2.67 bits per heavy atom. The molecule has 0 amide bonds. The van der Waals surface area contributed by atoms with Crippen molar-refractivity contribution in [3.05, 3.63) is 15.6 Å². The van der Waals surface area contributed by atoms with Crippen molar-refractivity contribution < 1.29 is 9.47 Å². The molecule has 1 atom stereocenters. The van der Waals surface area contributed by atoms with Crippen molar-refractivity contribution in [3.8, 4) is 0 Å². The van der Waals surface area contributed by atoms with Gasteiger partial charge in [0.05, 0.1) is 12.3 Å². The zero-order valence-corrected chi connectivity index (χ0v) is 12.6. The molecule has 0 bridgehead atoms. The Balaban J connectivity index is 2.85. The lowest BCUT2D eigenvalue weighted by atomic mass is 10.2. The minimum atomic E-state index is 0.117. The topological polar surface area (TPSA) is 43.4 Å². The summed E-state index contributed by atoms with van der Waals surface area (Å²) in [5, 5.41) is 4.41. The van der Waals surface area contributed by atoms with E-state index in [9.17, 15) is 0 Å². The van der Waals surface area contributed by atoms with Gasteiger partial charge in [-0.1, -0.05) is 20.3 Å². The molecule has 0 saturated heterocycles. The highest BCUT2D eigenvalue weighted by atomic mass is 32.1. The average Bonchev–Trinajstić information content (AvgIpc) is 2.77. The molecule has 0 aromatic carbocycles. The van der Waals surface area contributed by atoms with Gasteiger partial charge in [0, 0.05) is 25.6 Å². The number of rotatable bonds is 9. The number of nitrogens with zero attached hydrogens (tertiary/aromatic N) is 1. The molecule has 5 heteroatoms. The highest BCUT2D eigenvalue weighted by Crippen LogP contribution is 2.29. The Labute approximate surface area is 114 Å². The molecular weight excluding hydrogens is 248 g/mol. The SMILES string of the molecule is CCCC(OC)c1nc(COC)c(CNCC)s1. The smallest absolute Gasteiger partial charge is 0.122 e. The Hall–Kier alpha value is -0.490. The maximum atomic E-state index is 5.51. The van der Waals surface area contributed by atoms with Crippen molar-refractivity contribution in [1.29, 1.82) is 0 Å². The van der Waals surface area contributed by atoms with E-state index >= 15 is 0 Å². The van der Waals surface area contributed by atoms with E-state index in [1.807, 2.05) is 0 Å². The summed E-state index contributed by atoms with van der Waals surface area (Å²) < 4.78 is 10.7. The minimum absolute atomic E-state index is 0.117. The molecule has 1 unspecified atom stereocenters. The molecule has 0 aliphatic rings. The van der Waals surface area contributed by atoms with Gasteiger partial charge in [-0.3, -0.25) is 0 Å². The maximum absolute atomic E-state index is 5.51. The molecule has 0 radical (unpaired) electrons. The standard InChI is InChI=1S/C13H24N2O2S/c1-5-7-11(17-4)13-15-10(9-16-3)12(18-13)8-14-6-2/h11,14H,5-9H2,1-4H3. The van der Waals surface area contributed by atoms with Crippen LogP contribution in [-0.4, -0.2) is 25.7 Å². The Morgan fingerprint density at radius 2 is 2.11 bits per heavy atom. The van der Waals surface area contributed by atoms with Crippen molar-refractivity contribution in [2.75, 3.05) is 20.8 Å². The average molecular weight is 272 g/mol. The van der Waals surface area contributed by atoms with Gasteiger partial charge in [0.2, 0.25) is 0 Å². The second-order valence-corrected chi connectivity index (χ2v) is 5.26. The Kier molecular flexibility index (Phi) is 7.42. The molecule has 0 aliphatic heterocycles. The van der Waals surface area contributed by atoms with Crippen molar-refractivity contribution in [1.82, 2.24) is 10.3 Å². The van der Waals surface area contributed by atoms with Gasteiger partial charge in [-0.05, 0) is 13.0 Å². The molecule has 4 nitrogen and oxygen atoms in total. The van der Waals surface area contributed by atoms with Gasteiger partial charge in [-0.15, -0.1) is 11.3 Å². The summed E-state index contributed by atoms with van der Waals surface area (Å²) in [6.07, 6.45) is 2.23. The minimum Gasteiger partial charge on any atom is -0.378 e. The first-order valence-corrected chi connectivity index (χ1v) is 7.29. The molecule has 104 valence electrons. The zero-order chi connectivity index (χ0) is 13.4. The molecule has 0 saturated carbocycles. The van der Waals surface area contributed by atoms with Crippen LogP contribution in [-0.2, 0) is 22.6 Å². The highest BCUT2D eigenvalue weighted by molar-refractivity contribution is 7.11. The van der Waals surface area contributed by atoms with E-state index in [0.717, 1.165) is 36.6 Å². The molecule has 1 aromatic rings. The third-order valence-corrected chi connectivity index (χ3v) is 3.91. The van der Waals surface area contributed by atoms with E-state index in [4.69, 9.17) is 9.47 Å². The summed E-state index contributed by atoms with van der Waals surface area (Å²) >= 11 is 1.73. The summed E-state index contributed by atoms with van der Waals surface area (Å²) in [6.45, 7) is 6.65. The molecule has 18 heavy (non-hydrogen) atoms. The number of nitrogens with one attached hydrogen (secondary N) is 1. The van der Waals surface area contributed by atoms with Crippen LogP contribution in [0.4, 0.5) is 0 Å². The third kappa shape index (κ3) is 4.31. The molecule has 1 aromatic heterocycles. The summed E-state index contributed by atoms with van der Waals surface area (Å²) in [5.74, 6) is 0. The van der Waals surface area contributed by atoms with Gasteiger partial charge < -0.3 is 14.8 Å². The maximum Gasteiger partial charge on any atom is 0.122 e. The van der Waals surface area contributed by atoms with Crippen LogP contribution in [0.3, 0.4) is 0 Å². The zero-order valence-electron chi connectivity index (χ0n) is 11.8. The normalized spacial score (nSPS) is 12.9. The van der Waals surface area contributed by atoms with Gasteiger partial charge in [0.15, 0.2) is 0 Å². The monoisotopic (exact) mass is 272 g/mol. The largest absolute Gasteiger partial charge is 0.378 e. The highest BCUT2D eigenvalue weighted by Gasteiger charge is 2.18. The summed E-state index contributed by atoms with van der Waals surface area (Å²) in [4.78, 5) is 5.93. The lowest BCUT2D eigenvalue weighted by Gasteiger charge is -2.10. The van der Waals surface area contributed by atoms with E-state index in [0.29, 0.717) is 6.61 Å². The number of thiazole rings is 1. The van der Waals surface area contributed by atoms with Gasteiger partial charge in [0.1, 0.15) is 11.1 Å². The molecule has 1 heterocycles. The summed E-state index contributed by atoms with van der Waals surface area (Å²) in [7, 11) is 3.46. The van der Waals surface area contributed by atoms with Gasteiger partial charge in [0.25, 0.3) is 0 Å². The lowest BCUT2D eigenvalue weighted by molar-refractivity contribution is 0.0942. The number of aromatic nitrogens is 1. The number of methoxy groups -OCH3 is 2. The fourth-order valence-electron chi connectivity index (χ4n) is 1.77. The third-order valence-electron chi connectivity index (χ3n) is 2.72. The predicted octanol–water partition coefficient (Wildman–Crippen LogP) is 2.89. The number of hydrogen-bond acceptors (Lipinski definition) is 5. The van der Waals surface area contributed by atoms with E-state index in [2.05, 4.69) is 24.1 Å². The molecule has 0 fully saturated rings. The Bertz CT molecular complexity index is 342. The second-order valence-electron chi connectivity index (χ2n) is 4.15. The fraction of sp³-hybridized carbons (Fsp3) is 0.769. The molecule has 1 N–H and O–H groups in total. The van der Waals surface area contributed by atoms with Crippen LogP contribution in [0.2, 0.25) is 0 Å². The first kappa shape index (κ1) is 15.6. The van der Waals surface area contributed by atoms with Crippen LogP contribution in [0.25, 0.3) is 0 Å². The van der Waals surface area contributed by atoms with Gasteiger partial charge in [-0.25, -0.2) is 4.98 Å². The van der Waals surface area contributed by atoms with E-state index in [1.165, 1.54) is 4.88 Å². The van der Waals surface area contributed by atoms with E-state index in [-0.39, 0.29) is 6.10 Å². The van der Waals surface area contributed by atoms with E-state index in [1.54, 1.807) is 25.6 Å². The van der Waals surface area contributed by atoms with Crippen LogP contribution < -0.4 is 5.32 Å². The molecule has 1 rings (SSSR count). The predicted molar refractivity (Wildman–Crippen MR) is 74.9 cm³/mol. The van der Waals surface area contributed by atoms with Crippen molar-refractivity contribution in [2.45, 2.75) is 45.9 Å². The lowest BCUT2D eigenvalue weighted by Crippen LogP contribution is -2.12. The fourth-order valence-corrected chi connectivity index (χ4v) is 2.92. The number of ether oxygens (including phenoxy) is 2. The Morgan fingerprint density at radius 1 is 1.33 bits per heavy atom. The first-order chi connectivity index (χ1) is 8.76. The van der Waals surface area contributed by atoms with Crippen LogP contribution in [0.15, 0.2) is 0 Å². The molecule has 0 aliphatic carbocycles. The summed E-state index contributed by atoms with van der Waals surface area (Å²) in [6, 6.07) is 0. The van der Waals surface area contributed by atoms with Crippen molar-refractivity contribution in [3.63, 3.8) is 0 Å². The van der Waals surface area contributed by atoms with Crippen LogP contribution in [0.5, 0.6) is 0 Å². The van der Waals surface area contributed by atoms with Crippen molar-refractivity contribution in [2.24, 2.45) is 0 Å². The molecule has 0 spiro atoms. The van der Waals surface area contributed by atoms with Crippen molar-refractivity contribution >= 4 is 11.3 Å². The second kappa shape index (κ2) is 8.58. The molecular formula is C13H24N2O2S. The van der Waals surface area contributed by atoms with Crippen LogP contribution >= 0.6 is 11.3 Å². The first-order valence-electron chi connectivity index (χ1n) is 6.47. The van der Waals surface area contributed by atoms with Crippen LogP contribution in [0.1, 0.15) is 48.4 Å². The summed E-state index contributed by atoms with van der Waals surface area (Å²) in [5.41, 5.74) is 1.04. The number of hydrogen-bond donors (Lipinski definition) is 1.